The molecule has 2 rings (SSSR count). The number of hydrogen-bond acceptors (Lipinski definition) is 0. The monoisotopic (exact) mass is 552 g/mol. The van der Waals surface area contributed by atoms with Gasteiger partial charge in [0.1, 0.15) is 0 Å². The Balaban J connectivity index is -0.000000233. The van der Waals surface area contributed by atoms with Crippen molar-refractivity contribution in [1.82, 2.24) is 0 Å². The molecule has 0 unspecified atom stereocenters. The Morgan fingerprint density at radius 3 is 1.42 bits per heavy atom. The molecule has 0 aromatic carbocycles. The van der Waals surface area contributed by atoms with E-state index in [0.717, 1.165) is 12.8 Å². The van der Waals surface area contributed by atoms with Gasteiger partial charge in [0.05, 0.1) is 0 Å². The molecule has 0 aromatic rings. The van der Waals surface area contributed by atoms with Crippen LogP contribution in [0.4, 0.5) is 0 Å². The van der Waals surface area contributed by atoms with Crippen molar-refractivity contribution in [2.24, 2.45) is 0 Å². The molecule has 0 fully saturated rings. The van der Waals surface area contributed by atoms with Crippen molar-refractivity contribution in [3.8, 4) is 0 Å². The molecule has 0 radical (unpaired) electrons. The van der Waals surface area contributed by atoms with Gasteiger partial charge in [0.15, 0.2) is 0 Å². The Morgan fingerprint density at radius 1 is 0.842 bits per heavy atom. The molecule has 0 heterocycles. The molecule has 0 amide bonds. The zero-order chi connectivity index (χ0) is 11.6. The van der Waals surface area contributed by atoms with Crippen molar-refractivity contribution < 1.29 is 59.8 Å². The molecule has 0 aliphatic heterocycles. The van der Waals surface area contributed by atoms with Crippen molar-refractivity contribution in [2.45, 2.75) is 52.4 Å². The second-order valence-electron chi connectivity index (χ2n) is 4.12. The molecule has 0 nitrogen and oxygen atoms in total. The maximum absolute atomic E-state index is 3.26. The average Bonchev–Trinajstić information content (AvgIpc) is 2.92. The van der Waals surface area contributed by atoms with E-state index in [1.54, 1.807) is 0 Å². The summed E-state index contributed by atoms with van der Waals surface area (Å²) < 4.78 is 0. The van der Waals surface area contributed by atoms with Crippen molar-refractivity contribution in [3.63, 3.8) is 0 Å². The first-order valence-corrected chi connectivity index (χ1v) is 6.39. The molecule has 0 aromatic heterocycles. The van der Waals surface area contributed by atoms with Crippen molar-refractivity contribution in [3.05, 3.63) is 47.6 Å². The van der Waals surface area contributed by atoms with Gasteiger partial charge in [-0.1, -0.05) is 39.5 Å². The predicted molar refractivity (Wildman–Crippen MR) is 70.8 cm³/mol. The smallest absolute Gasteiger partial charge is 1.00 e. The number of halogens is 2. The fraction of sp³-hybridized carbons (Fsp3) is 0.500. The van der Waals surface area contributed by atoms with Crippen LogP contribution in [0.1, 0.15) is 52.4 Å². The molecule has 19 heavy (non-hydrogen) atoms. The predicted octanol–water partition coefficient (Wildman–Crippen LogP) is -1.04. The molecular weight excluding hydrogens is 530 g/mol. The van der Waals surface area contributed by atoms with Gasteiger partial charge in [0, 0.05) is 0 Å². The van der Waals surface area contributed by atoms with E-state index in [4.69, 9.17) is 0 Å². The largest absolute Gasteiger partial charge is 4.00 e. The summed E-state index contributed by atoms with van der Waals surface area (Å²) in [6.45, 7) is 4.39. The van der Waals surface area contributed by atoms with Gasteiger partial charge in [-0.2, -0.15) is 12.2 Å². The summed E-state index contributed by atoms with van der Waals surface area (Å²) in [7, 11) is 0. The van der Waals surface area contributed by atoms with E-state index >= 15 is 0 Å². The summed E-state index contributed by atoms with van der Waals surface area (Å²) in [4.78, 5) is 0. The van der Waals surface area contributed by atoms with Crippen LogP contribution in [0.5, 0.6) is 0 Å². The fourth-order valence-corrected chi connectivity index (χ4v) is 1.78. The van der Waals surface area contributed by atoms with Crippen LogP contribution < -0.4 is 34.0 Å². The van der Waals surface area contributed by atoms with E-state index in [-0.39, 0.29) is 59.8 Å². The van der Waals surface area contributed by atoms with E-state index in [9.17, 15) is 0 Å². The van der Waals surface area contributed by atoms with Crippen LogP contribution in [0.15, 0.2) is 35.5 Å². The summed E-state index contributed by atoms with van der Waals surface area (Å²) in [5.41, 5.74) is 2.79. The molecule has 2 aliphatic rings. The third-order valence-electron chi connectivity index (χ3n) is 2.57. The molecule has 0 atom stereocenters. The second kappa shape index (κ2) is 16.8. The van der Waals surface area contributed by atoms with Crippen LogP contribution in [0.25, 0.3) is 0 Å². The molecule has 0 bridgehead atoms. The van der Waals surface area contributed by atoms with Crippen molar-refractivity contribution >= 4 is 0 Å². The summed E-state index contributed by atoms with van der Waals surface area (Å²) in [5, 5.41) is 0. The Hall–Kier alpha value is 0.790. The summed E-state index contributed by atoms with van der Waals surface area (Å²) in [6, 6.07) is 0. The molecule has 0 saturated heterocycles. The molecule has 2 aliphatic carbocycles. The quantitative estimate of drug-likeness (QED) is 0.309. The minimum atomic E-state index is 0. The summed E-state index contributed by atoms with van der Waals surface area (Å²) >= 11 is 0. The normalized spacial score (nSPS) is 14.2. The van der Waals surface area contributed by atoms with Crippen LogP contribution in [0.2, 0.25) is 0 Å². The van der Waals surface area contributed by atoms with Gasteiger partial charge in [0.25, 0.3) is 0 Å². The third-order valence-corrected chi connectivity index (χ3v) is 2.57. The maximum Gasteiger partial charge on any atom is 4.00 e. The van der Waals surface area contributed by atoms with Gasteiger partial charge >= 0.3 is 25.8 Å². The number of rotatable bonds is 4. The first-order chi connectivity index (χ1) is 7.86. The van der Waals surface area contributed by atoms with Gasteiger partial charge < -0.3 is 34.0 Å². The molecule has 104 valence electrons. The van der Waals surface area contributed by atoms with Crippen molar-refractivity contribution in [1.29, 1.82) is 0 Å². The van der Waals surface area contributed by atoms with Gasteiger partial charge in [-0.25, -0.2) is 23.3 Å². The van der Waals surface area contributed by atoms with Crippen LogP contribution in [-0.4, -0.2) is 0 Å². The molecule has 0 N–H and O–H groups in total. The Bertz CT molecular complexity index is 283. The minimum Gasteiger partial charge on any atom is -1.00 e. The van der Waals surface area contributed by atoms with E-state index in [1.165, 1.54) is 36.8 Å². The van der Waals surface area contributed by atoms with Gasteiger partial charge in [-0.3, -0.25) is 12.2 Å². The first kappa shape index (κ1) is 24.8. The number of hydrogen-bond donors (Lipinski definition) is 0. The summed E-state index contributed by atoms with van der Waals surface area (Å²) in [5.74, 6) is 0. The topological polar surface area (TPSA) is 0 Å². The second-order valence-corrected chi connectivity index (χ2v) is 4.12. The van der Waals surface area contributed by atoms with Crippen LogP contribution in [-0.2, 0) is 25.8 Å². The number of allylic oxidation sites excluding steroid dienone is 8. The van der Waals surface area contributed by atoms with E-state index in [1.807, 2.05) is 0 Å². The van der Waals surface area contributed by atoms with Crippen molar-refractivity contribution in [2.75, 3.05) is 0 Å². The van der Waals surface area contributed by atoms with Crippen LogP contribution in [0, 0.1) is 12.2 Å². The van der Waals surface area contributed by atoms with E-state index in [0.29, 0.717) is 0 Å². The standard InChI is InChI=1S/2C8H11.2BrH.Hf/c2*1-2-5-8-6-3-4-7-8;;;/h2*3,6H,2,4-5H2,1H3;2*1H;/q2*-1;;;+4/p-2. The van der Waals surface area contributed by atoms with E-state index < -0.39 is 0 Å². The van der Waals surface area contributed by atoms with Gasteiger partial charge in [-0.15, -0.1) is 12.8 Å². The zero-order valence-electron chi connectivity index (χ0n) is 11.8. The first-order valence-electron chi connectivity index (χ1n) is 6.39. The molecule has 0 saturated carbocycles. The van der Waals surface area contributed by atoms with E-state index in [2.05, 4.69) is 50.3 Å². The van der Waals surface area contributed by atoms with Crippen LogP contribution in [0.3, 0.4) is 0 Å². The third kappa shape index (κ3) is 12.3. The Morgan fingerprint density at radius 2 is 1.21 bits per heavy atom. The molecular formula is C16H22Br2Hf. The maximum atomic E-state index is 3.26. The molecule has 0 spiro atoms. The zero-order valence-corrected chi connectivity index (χ0v) is 18.6. The van der Waals surface area contributed by atoms with Gasteiger partial charge in [-0.05, 0) is 0 Å². The minimum absolute atomic E-state index is 0. The van der Waals surface area contributed by atoms with Gasteiger partial charge in [0.2, 0.25) is 0 Å². The molecule has 3 heteroatoms. The Labute approximate surface area is 158 Å². The average molecular weight is 553 g/mol. The van der Waals surface area contributed by atoms with Crippen LogP contribution >= 0.6 is 0 Å². The Kier molecular flexibility index (Phi) is 22.0. The summed E-state index contributed by atoms with van der Waals surface area (Å²) in [6.07, 6.45) is 22.2. The SMILES string of the molecule is CCCC1=[C-]CC=C1.CCCC1=[C-]CC=C1.[Br-].[Br-].[Hf+4]. The fourth-order valence-electron chi connectivity index (χ4n) is 1.78.